The van der Waals surface area contributed by atoms with Crippen LogP contribution in [0.5, 0.6) is 0 Å². The first-order valence-electron chi connectivity index (χ1n) is 6.39. The molecule has 1 fully saturated rings. The number of nitrogens with zero attached hydrogens (tertiary/aromatic N) is 3. The van der Waals surface area contributed by atoms with Gasteiger partial charge in [-0.25, -0.2) is 8.42 Å². The summed E-state index contributed by atoms with van der Waals surface area (Å²) >= 11 is 1.65. The lowest BCUT2D eigenvalue weighted by Gasteiger charge is -2.39. The highest BCUT2D eigenvalue weighted by Gasteiger charge is 2.40. The van der Waals surface area contributed by atoms with Gasteiger partial charge in [0.15, 0.2) is 15.0 Å². The van der Waals surface area contributed by atoms with Crippen molar-refractivity contribution in [1.82, 2.24) is 4.90 Å². The molecule has 1 saturated heterocycles. The normalized spacial score (nSPS) is 19.2. The van der Waals surface area contributed by atoms with Crippen LogP contribution in [0.3, 0.4) is 0 Å². The number of benzene rings is 1. The SMILES string of the molecule is O=[N+]([O-])c1ccc(S(=O)(=O)C2CN(C3=NCCS3)C2)cc1. The predicted molar refractivity (Wildman–Crippen MR) is 80.4 cm³/mol. The van der Waals surface area contributed by atoms with Crippen LogP contribution in [0.15, 0.2) is 34.2 Å². The Morgan fingerprint density at radius 3 is 2.48 bits per heavy atom. The smallest absolute Gasteiger partial charge is 0.269 e. The van der Waals surface area contributed by atoms with Crippen molar-refractivity contribution in [2.45, 2.75) is 10.1 Å². The second kappa shape index (κ2) is 5.30. The Hall–Kier alpha value is -1.61. The maximum atomic E-state index is 12.4. The molecule has 0 aliphatic carbocycles. The molecular weight excluding hydrogens is 314 g/mol. The molecule has 3 rings (SSSR count). The molecule has 2 aliphatic heterocycles. The van der Waals surface area contributed by atoms with Crippen molar-refractivity contribution in [2.75, 3.05) is 25.4 Å². The second-order valence-electron chi connectivity index (χ2n) is 4.84. The average Bonchev–Trinajstić information content (AvgIpc) is 2.90. The molecule has 1 aromatic rings. The van der Waals surface area contributed by atoms with Gasteiger partial charge in [-0.05, 0) is 12.1 Å². The number of non-ortho nitro benzene ring substituents is 1. The Bertz CT molecular complexity index is 694. The van der Waals surface area contributed by atoms with Gasteiger partial charge in [0.2, 0.25) is 0 Å². The minimum atomic E-state index is -3.44. The van der Waals surface area contributed by atoms with Crippen molar-refractivity contribution in [3.8, 4) is 0 Å². The number of thioether (sulfide) groups is 1. The summed E-state index contributed by atoms with van der Waals surface area (Å²) in [5, 5.41) is 11.0. The third kappa shape index (κ3) is 2.62. The number of hydrogen-bond donors (Lipinski definition) is 0. The molecule has 0 radical (unpaired) electrons. The molecule has 0 atom stereocenters. The quantitative estimate of drug-likeness (QED) is 0.611. The fourth-order valence-corrected chi connectivity index (χ4v) is 4.79. The third-order valence-electron chi connectivity index (χ3n) is 3.50. The number of likely N-dealkylation sites (tertiary alicyclic amines) is 1. The van der Waals surface area contributed by atoms with Gasteiger partial charge in [-0.15, -0.1) is 0 Å². The maximum Gasteiger partial charge on any atom is 0.269 e. The molecule has 9 heteroatoms. The number of nitro benzene ring substituents is 1. The lowest BCUT2D eigenvalue weighted by atomic mass is 10.2. The predicted octanol–water partition coefficient (Wildman–Crippen LogP) is 1.16. The van der Waals surface area contributed by atoms with Gasteiger partial charge in [0.1, 0.15) is 5.25 Å². The summed E-state index contributed by atoms with van der Waals surface area (Å²) in [6.07, 6.45) is 0. The number of aliphatic imine (C=N–C) groups is 1. The molecule has 0 bridgehead atoms. The van der Waals surface area contributed by atoms with Crippen LogP contribution in [0.2, 0.25) is 0 Å². The van der Waals surface area contributed by atoms with Crippen molar-refractivity contribution in [2.24, 2.45) is 4.99 Å². The van der Waals surface area contributed by atoms with Crippen LogP contribution in [0.1, 0.15) is 0 Å². The first kappa shape index (κ1) is 14.3. The summed E-state index contributed by atoms with van der Waals surface area (Å²) in [5.74, 6) is 0.950. The fraction of sp³-hybridized carbons (Fsp3) is 0.417. The Morgan fingerprint density at radius 1 is 1.29 bits per heavy atom. The van der Waals surface area contributed by atoms with Gasteiger partial charge >= 0.3 is 0 Å². The lowest BCUT2D eigenvalue weighted by molar-refractivity contribution is -0.384. The number of sulfone groups is 1. The van der Waals surface area contributed by atoms with Crippen molar-refractivity contribution in [3.05, 3.63) is 34.4 Å². The maximum absolute atomic E-state index is 12.4. The lowest BCUT2D eigenvalue weighted by Crippen LogP contribution is -2.55. The highest BCUT2D eigenvalue weighted by Crippen LogP contribution is 2.28. The third-order valence-corrected chi connectivity index (χ3v) is 6.64. The Balaban J connectivity index is 1.71. The Kier molecular flexibility index (Phi) is 3.62. The summed E-state index contributed by atoms with van der Waals surface area (Å²) < 4.78 is 24.8. The highest BCUT2D eigenvalue weighted by molar-refractivity contribution is 8.14. The first-order valence-corrected chi connectivity index (χ1v) is 8.92. The van der Waals surface area contributed by atoms with E-state index in [-0.39, 0.29) is 10.6 Å². The summed E-state index contributed by atoms with van der Waals surface area (Å²) in [4.78, 5) is 16.5. The molecule has 2 aliphatic rings. The molecule has 0 unspecified atom stereocenters. The Labute approximate surface area is 126 Å². The van der Waals surface area contributed by atoms with E-state index in [4.69, 9.17) is 0 Å². The van der Waals surface area contributed by atoms with Crippen molar-refractivity contribution >= 4 is 32.5 Å². The monoisotopic (exact) mass is 327 g/mol. The topological polar surface area (TPSA) is 92.9 Å². The molecular formula is C12H13N3O4S2. The largest absolute Gasteiger partial charge is 0.349 e. The zero-order chi connectivity index (χ0) is 15.0. The van der Waals surface area contributed by atoms with E-state index in [1.165, 1.54) is 24.3 Å². The molecule has 0 saturated carbocycles. The fourth-order valence-electron chi connectivity index (χ4n) is 2.26. The van der Waals surface area contributed by atoms with Crippen molar-refractivity contribution < 1.29 is 13.3 Å². The molecule has 21 heavy (non-hydrogen) atoms. The van der Waals surface area contributed by atoms with Gasteiger partial charge in [-0.2, -0.15) is 0 Å². The van der Waals surface area contributed by atoms with E-state index in [1.54, 1.807) is 11.8 Å². The van der Waals surface area contributed by atoms with Crippen molar-refractivity contribution in [1.29, 1.82) is 0 Å². The van der Waals surface area contributed by atoms with Crippen LogP contribution in [0.4, 0.5) is 5.69 Å². The molecule has 0 aromatic heterocycles. The van der Waals surface area contributed by atoms with Gasteiger partial charge in [-0.1, -0.05) is 11.8 Å². The molecule has 2 heterocycles. The van der Waals surface area contributed by atoms with Crippen LogP contribution in [0, 0.1) is 10.1 Å². The van der Waals surface area contributed by atoms with E-state index in [9.17, 15) is 18.5 Å². The average molecular weight is 327 g/mol. The van der Waals surface area contributed by atoms with Gasteiger partial charge in [-0.3, -0.25) is 15.1 Å². The second-order valence-corrected chi connectivity index (χ2v) is 8.13. The minimum absolute atomic E-state index is 0.110. The highest BCUT2D eigenvalue weighted by atomic mass is 32.2. The number of hydrogen-bond acceptors (Lipinski definition) is 7. The van der Waals surface area contributed by atoms with Crippen LogP contribution in [-0.2, 0) is 9.84 Å². The summed E-state index contributed by atoms with van der Waals surface area (Å²) in [5.41, 5.74) is -0.110. The van der Waals surface area contributed by atoms with Crippen LogP contribution >= 0.6 is 11.8 Å². The molecule has 112 valence electrons. The van der Waals surface area contributed by atoms with Gasteiger partial charge < -0.3 is 4.90 Å². The zero-order valence-corrected chi connectivity index (χ0v) is 12.6. The number of rotatable bonds is 3. The van der Waals surface area contributed by atoms with Gasteiger partial charge in [0.25, 0.3) is 5.69 Å². The van der Waals surface area contributed by atoms with Crippen LogP contribution < -0.4 is 0 Å². The van der Waals surface area contributed by atoms with Crippen LogP contribution in [0.25, 0.3) is 0 Å². The molecule has 1 aromatic carbocycles. The first-order chi connectivity index (χ1) is 9.98. The van der Waals surface area contributed by atoms with E-state index < -0.39 is 20.0 Å². The van der Waals surface area contributed by atoms with Crippen LogP contribution in [-0.4, -0.2) is 54.0 Å². The van der Waals surface area contributed by atoms with Crippen molar-refractivity contribution in [3.63, 3.8) is 0 Å². The van der Waals surface area contributed by atoms with E-state index in [2.05, 4.69) is 4.99 Å². The Morgan fingerprint density at radius 2 is 1.95 bits per heavy atom. The molecule has 7 nitrogen and oxygen atoms in total. The summed E-state index contributed by atoms with van der Waals surface area (Å²) in [6, 6.07) is 5.05. The summed E-state index contributed by atoms with van der Waals surface area (Å²) in [7, 11) is -3.44. The molecule has 0 spiro atoms. The van der Waals surface area contributed by atoms with E-state index in [1.807, 2.05) is 4.90 Å². The van der Waals surface area contributed by atoms with E-state index in [0.717, 1.165) is 17.5 Å². The van der Waals surface area contributed by atoms with Gasteiger partial charge in [0.05, 0.1) is 16.4 Å². The minimum Gasteiger partial charge on any atom is -0.349 e. The molecule has 0 amide bonds. The van der Waals surface area contributed by atoms with E-state index in [0.29, 0.717) is 13.1 Å². The zero-order valence-electron chi connectivity index (χ0n) is 11.0. The number of amidine groups is 1. The molecule has 0 N–H and O–H groups in total. The standard InChI is InChI=1S/C12H13N3O4S2/c16-15(17)9-1-3-10(4-2-9)21(18,19)11-7-14(8-11)12-13-5-6-20-12/h1-4,11H,5-8H2. The van der Waals surface area contributed by atoms with E-state index >= 15 is 0 Å². The number of nitro groups is 1. The summed E-state index contributed by atoms with van der Waals surface area (Å²) in [6.45, 7) is 1.66. The van der Waals surface area contributed by atoms with Gasteiger partial charge in [0, 0.05) is 31.0 Å².